The average Bonchev–Trinajstić information content (AvgIpc) is 2.17. The number of methoxy groups -OCH3 is 1. The Bertz CT molecular complexity index is 345. The van der Waals surface area contributed by atoms with Crippen LogP contribution in [0.15, 0.2) is 36.4 Å². The molecule has 0 N–H and O–H groups in total. The molecule has 0 aromatic heterocycles. The summed E-state index contributed by atoms with van der Waals surface area (Å²) in [5.41, 5.74) is 1.07. The lowest BCUT2D eigenvalue weighted by molar-refractivity contribution is -0.134. The average molecular weight is 211 g/mol. The number of benzene rings is 1. The fraction of sp³-hybridized carbons (Fsp3) is 0.182. The van der Waals surface area contributed by atoms with Gasteiger partial charge in [0, 0.05) is 11.1 Å². The summed E-state index contributed by atoms with van der Waals surface area (Å²) >= 11 is 5.80. The van der Waals surface area contributed by atoms with Crippen LogP contribution in [0.1, 0.15) is 5.56 Å². The molecule has 0 radical (unpaired) electrons. The molecule has 74 valence electrons. The Morgan fingerprint density at radius 3 is 3.00 bits per heavy atom. The predicted octanol–water partition coefficient (Wildman–Crippen LogP) is 2.61. The number of rotatable bonds is 3. The van der Waals surface area contributed by atoms with Crippen molar-refractivity contribution in [2.45, 2.75) is 6.42 Å². The van der Waals surface area contributed by atoms with Crippen LogP contribution in [0.5, 0.6) is 0 Å². The molecular formula is C11H11ClO2. The van der Waals surface area contributed by atoms with Gasteiger partial charge in [0.25, 0.3) is 0 Å². The Morgan fingerprint density at radius 2 is 2.36 bits per heavy atom. The molecule has 3 heteroatoms. The van der Waals surface area contributed by atoms with Gasteiger partial charge >= 0.3 is 5.97 Å². The fourth-order valence-corrected chi connectivity index (χ4v) is 1.24. The lowest BCUT2D eigenvalue weighted by Gasteiger charge is -1.96. The fourth-order valence-electron chi connectivity index (χ4n) is 1.02. The molecule has 0 spiro atoms. The Balaban J connectivity index is 2.53. The molecule has 0 aliphatic heterocycles. The Morgan fingerprint density at radius 1 is 1.57 bits per heavy atom. The van der Waals surface area contributed by atoms with Crippen molar-refractivity contribution in [2.24, 2.45) is 0 Å². The van der Waals surface area contributed by atoms with E-state index in [0.717, 1.165) is 5.56 Å². The summed E-state index contributed by atoms with van der Waals surface area (Å²) < 4.78 is 4.46. The van der Waals surface area contributed by atoms with Gasteiger partial charge in [0.05, 0.1) is 7.11 Å². The van der Waals surface area contributed by atoms with Crippen LogP contribution in [0, 0.1) is 0 Å². The zero-order valence-electron chi connectivity index (χ0n) is 7.87. The molecule has 2 nitrogen and oxygen atoms in total. The maximum atomic E-state index is 10.7. The predicted molar refractivity (Wildman–Crippen MR) is 56.3 cm³/mol. The van der Waals surface area contributed by atoms with Crippen molar-refractivity contribution in [1.82, 2.24) is 0 Å². The highest BCUT2D eigenvalue weighted by molar-refractivity contribution is 6.30. The van der Waals surface area contributed by atoms with Gasteiger partial charge in [-0.3, -0.25) is 0 Å². The van der Waals surface area contributed by atoms with Crippen LogP contribution in [0.2, 0.25) is 5.02 Å². The Hall–Kier alpha value is -1.28. The minimum Gasteiger partial charge on any atom is -0.466 e. The molecule has 0 atom stereocenters. The summed E-state index contributed by atoms with van der Waals surface area (Å²) in [6, 6.07) is 7.51. The minimum atomic E-state index is -0.341. The molecular weight excluding hydrogens is 200 g/mol. The van der Waals surface area contributed by atoms with Crippen LogP contribution in [0.3, 0.4) is 0 Å². The largest absolute Gasteiger partial charge is 0.466 e. The third kappa shape index (κ3) is 3.62. The summed E-state index contributed by atoms with van der Waals surface area (Å²) in [6.45, 7) is 0. The van der Waals surface area contributed by atoms with Gasteiger partial charge in [-0.1, -0.05) is 29.8 Å². The highest BCUT2D eigenvalue weighted by atomic mass is 35.5. The van der Waals surface area contributed by atoms with E-state index in [2.05, 4.69) is 4.74 Å². The van der Waals surface area contributed by atoms with Crippen LogP contribution in [-0.2, 0) is 16.0 Å². The number of hydrogen-bond donors (Lipinski definition) is 0. The molecule has 0 saturated heterocycles. The highest BCUT2D eigenvalue weighted by Gasteiger charge is 1.93. The van der Waals surface area contributed by atoms with Gasteiger partial charge in [-0.05, 0) is 24.1 Å². The van der Waals surface area contributed by atoms with E-state index in [9.17, 15) is 4.79 Å². The van der Waals surface area contributed by atoms with E-state index in [1.807, 2.05) is 24.3 Å². The molecule has 0 saturated carbocycles. The molecule has 0 fully saturated rings. The van der Waals surface area contributed by atoms with Crippen molar-refractivity contribution in [3.05, 3.63) is 47.0 Å². The third-order valence-electron chi connectivity index (χ3n) is 1.70. The van der Waals surface area contributed by atoms with Crippen molar-refractivity contribution in [1.29, 1.82) is 0 Å². The molecule has 0 heterocycles. The zero-order valence-corrected chi connectivity index (χ0v) is 8.62. The molecule has 1 aromatic rings. The van der Waals surface area contributed by atoms with Gasteiger partial charge in [0.15, 0.2) is 0 Å². The molecule has 14 heavy (non-hydrogen) atoms. The third-order valence-corrected chi connectivity index (χ3v) is 1.93. The van der Waals surface area contributed by atoms with Crippen molar-refractivity contribution >= 4 is 17.6 Å². The van der Waals surface area contributed by atoms with Crippen LogP contribution in [0.4, 0.5) is 0 Å². The topological polar surface area (TPSA) is 26.3 Å². The molecule has 0 aliphatic rings. The second-order valence-electron chi connectivity index (χ2n) is 2.76. The van der Waals surface area contributed by atoms with E-state index in [4.69, 9.17) is 11.6 Å². The first-order valence-corrected chi connectivity index (χ1v) is 4.59. The number of carbonyl (C=O) groups is 1. The molecule has 0 bridgehead atoms. The van der Waals surface area contributed by atoms with Crippen LogP contribution >= 0.6 is 11.6 Å². The van der Waals surface area contributed by atoms with Gasteiger partial charge in [-0.2, -0.15) is 0 Å². The van der Waals surface area contributed by atoms with E-state index in [1.54, 1.807) is 6.08 Å². The highest BCUT2D eigenvalue weighted by Crippen LogP contribution is 2.11. The molecule has 0 aliphatic carbocycles. The standard InChI is InChI=1S/C11H11ClO2/c1-14-11(13)7-3-5-9-4-2-6-10(12)8-9/h2-4,6-8H,5H2,1H3/b7-3+. The van der Waals surface area contributed by atoms with E-state index in [-0.39, 0.29) is 5.97 Å². The first kappa shape index (κ1) is 10.8. The second kappa shape index (κ2) is 5.45. The zero-order chi connectivity index (χ0) is 10.4. The number of ether oxygens (including phenoxy) is 1. The smallest absolute Gasteiger partial charge is 0.330 e. The van der Waals surface area contributed by atoms with Gasteiger partial charge in [-0.15, -0.1) is 0 Å². The van der Waals surface area contributed by atoms with Crippen LogP contribution in [-0.4, -0.2) is 13.1 Å². The lowest BCUT2D eigenvalue weighted by Crippen LogP contribution is -1.94. The number of allylic oxidation sites excluding steroid dienone is 1. The second-order valence-corrected chi connectivity index (χ2v) is 3.20. The summed E-state index contributed by atoms with van der Waals surface area (Å²) in [4.78, 5) is 10.7. The van der Waals surface area contributed by atoms with Gasteiger partial charge in [0.1, 0.15) is 0 Å². The van der Waals surface area contributed by atoms with Crippen molar-refractivity contribution in [3.63, 3.8) is 0 Å². The van der Waals surface area contributed by atoms with Gasteiger partial charge in [0.2, 0.25) is 0 Å². The van der Waals surface area contributed by atoms with Crippen molar-refractivity contribution in [2.75, 3.05) is 7.11 Å². The van der Waals surface area contributed by atoms with E-state index in [1.165, 1.54) is 13.2 Å². The number of carbonyl (C=O) groups excluding carboxylic acids is 1. The quantitative estimate of drug-likeness (QED) is 0.566. The maximum Gasteiger partial charge on any atom is 0.330 e. The van der Waals surface area contributed by atoms with Gasteiger partial charge in [-0.25, -0.2) is 4.79 Å². The van der Waals surface area contributed by atoms with Crippen LogP contribution in [0.25, 0.3) is 0 Å². The Kier molecular flexibility index (Phi) is 4.20. The maximum absolute atomic E-state index is 10.7. The first-order valence-electron chi connectivity index (χ1n) is 4.21. The van der Waals surface area contributed by atoms with Crippen molar-refractivity contribution < 1.29 is 9.53 Å². The SMILES string of the molecule is COC(=O)/C=C/Cc1cccc(Cl)c1. The number of esters is 1. The summed E-state index contributed by atoms with van der Waals surface area (Å²) in [5.74, 6) is -0.341. The number of hydrogen-bond acceptors (Lipinski definition) is 2. The summed E-state index contributed by atoms with van der Waals surface area (Å²) in [5, 5.41) is 0.703. The molecule has 0 amide bonds. The van der Waals surface area contributed by atoms with E-state index < -0.39 is 0 Å². The molecule has 1 aromatic carbocycles. The summed E-state index contributed by atoms with van der Waals surface area (Å²) in [7, 11) is 1.35. The number of halogens is 1. The van der Waals surface area contributed by atoms with Crippen molar-refractivity contribution in [3.8, 4) is 0 Å². The Labute approximate surface area is 88.1 Å². The monoisotopic (exact) mass is 210 g/mol. The van der Waals surface area contributed by atoms with Gasteiger partial charge < -0.3 is 4.74 Å². The first-order chi connectivity index (χ1) is 6.72. The normalized spacial score (nSPS) is 10.4. The van der Waals surface area contributed by atoms with E-state index >= 15 is 0 Å². The molecule has 1 rings (SSSR count). The van der Waals surface area contributed by atoms with E-state index in [0.29, 0.717) is 11.4 Å². The summed E-state index contributed by atoms with van der Waals surface area (Å²) in [6.07, 6.45) is 3.83. The minimum absolute atomic E-state index is 0.341. The molecule has 0 unspecified atom stereocenters. The lowest BCUT2D eigenvalue weighted by atomic mass is 10.1. The van der Waals surface area contributed by atoms with Crippen LogP contribution < -0.4 is 0 Å².